The standard InChI is InChI=1S/C23H20N6O2/c1-14-8-21(26-20-7-5-4-6-19(14)20)29-23(17(11-24)12-25-29)27-22(31)13-28-15(2)9-18(30)10-16(28)3/h4-10,12H,13H2,1-3H3,(H,27,31). The van der Waals surface area contributed by atoms with Gasteiger partial charge < -0.3 is 9.88 Å². The average molecular weight is 412 g/mol. The molecule has 1 N–H and O–H groups in total. The first-order valence-electron chi connectivity index (χ1n) is 9.70. The van der Waals surface area contributed by atoms with Crippen LogP contribution < -0.4 is 10.7 Å². The molecule has 0 aliphatic rings. The molecule has 154 valence electrons. The molecule has 0 atom stereocenters. The molecule has 1 amide bonds. The quantitative estimate of drug-likeness (QED) is 0.555. The zero-order valence-electron chi connectivity index (χ0n) is 17.4. The second kappa shape index (κ2) is 7.88. The van der Waals surface area contributed by atoms with Crippen molar-refractivity contribution in [1.82, 2.24) is 19.3 Å². The smallest absolute Gasteiger partial charge is 0.245 e. The highest BCUT2D eigenvalue weighted by Crippen LogP contribution is 2.23. The highest BCUT2D eigenvalue weighted by molar-refractivity contribution is 5.91. The van der Waals surface area contributed by atoms with Crippen LogP contribution >= 0.6 is 0 Å². The van der Waals surface area contributed by atoms with E-state index in [4.69, 9.17) is 0 Å². The topological polar surface area (TPSA) is 106 Å². The Morgan fingerprint density at radius 2 is 1.84 bits per heavy atom. The predicted octanol–water partition coefficient (Wildman–Crippen LogP) is 3.02. The molecule has 0 spiro atoms. The third kappa shape index (κ3) is 3.81. The van der Waals surface area contributed by atoms with E-state index in [0.717, 1.165) is 16.5 Å². The zero-order valence-corrected chi connectivity index (χ0v) is 17.4. The van der Waals surface area contributed by atoms with Gasteiger partial charge in [-0.1, -0.05) is 18.2 Å². The first-order valence-corrected chi connectivity index (χ1v) is 9.70. The van der Waals surface area contributed by atoms with Gasteiger partial charge in [-0.15, -0.1) is 0 Å². The zero-order chi connectivity index (χ0) is 22.1. The molecule has 0 saturated carbocycles. The van der Waals surface area contributed by atoms with Crippen molar-refractivity contribution in [1.29, 1.82) is 5.26 Å². The van der Waals surface area contributed by atoms with E-state index >= 15 is 0 Å². The number of nitrogens with zero attached hydrogens (tertiary/aromatic N) is 5. The number of hydrogen-bond donors (Lipinski definition) is 1. The number of aromatic nitrogens is 4. The van der Waals surface area contributed by atoms with Crippen molar-refractivity contribution in [2.45, 2.75) is 27.3 Å². The van der Waals surface area contributed by atoms with Crippen LogP contribution in [0.25, 0.3) is 16.7 Å². The molecule has 0 aliphatic heterocycles. The second-order valence-electron chi connectivity index (χ2n) is 7.35. The summed E-state index contributed by atoms with van der Waals surface area (Å²) in [4.78, 5) is 29.1. The number of carbonyl (C=O) groups is 1. The number of fused-ring (bicyclic) bond motifs is 1. The molecule has 0 saturated heterocycles. The molecular weight excluding hydrogens is 392 g/mol. The van der Waals surface area contributed by atoms with Gasteiger partial charge in [-0.05, 0) is 38.5 Å². The van der Waals surface area contributed by atoms with E-state index in [9.17, 15) is 14.9 Å². The largest absolute Gasteiger partial charge is 0.340 e. The maximum absolute atomic E-state index is 12.8. The third-order valence-electron chi connectivity index (χ3n) is 5.13. The molecule has 3 heterocycles. The van der Waals surface area contributed by atoms with Crippen molar-refractivity contribution < 1.29 is 4.79 Å². The summed E-state index contributed by atoms with van der Waals surface area (Å²) in [5, 5.41) is 17.6. The van der Waals surface area contributed by atoms with E-state index in [1.54, 1.807) is 18.4 Å². The summed E-state index contributed by atoms with van der Waals surface area (Å²) in [6.45, 7) is 5.52. The SMILES string of the molecule is Cc1cc(-n2ncc(C#N)c2NC(=O)Cn2c(C)cc(=O)cc2C)nc2ccccc12. The Labute approximate surface area is 178 Å². The van der Waals surface area contributed by atoms with Crippen LogP contribution in [0.5, 0.6) is 0 Å². The highest BCUT2D eigenvalue weighted by atomic mass is 16.2. The van der Waals surface area contributed by atoms with Gasteiger partial charge in [-0.2, -0.15) is 15.0 Å². The summed E-state index contributed by atoms with van der Waals surface area (Å²) in [6.07, 6.45) is 1.40. The molecule has 3 aromatic heterocycles. The van der Waals surface area contributed by atoms with Crippen LogP contribution in [0.2, 0.25) is 0 Å². The lowest BCUT2D eigenvalue weighted by molar-refractivity contribution is -0.116. The van der Waals surface area contributed by atoms with Gasteiger partial charge >= 0.3 is 0 Å². The lowest BCUT2D eigenvalue weighted by Gasteiger charge is -2.15. The Morgan fingerprint density at radius 3 is 2.55 bits per heavy atom. The minimum absolute atomic E-state index is 0.00181. The number of rotatable bonds is 4. The van der Waals surface area contributed by atoms with Gasteiger partial charge in [-0.3, -0.25) is 9.59 Å². The first kappa shape index (κ1) is 20.0. The summed E-state index contributed by atoms with van der Waals surface area (Å²) < 4.78 is 3.20. The van der Waals surface area contributed by atoms with Crippen molar-refractivity contribution >= 4 is 22.6 Å². The van der Waals surface area contributed by atoms with E-state index in [2.05, 4.69) is 21.5 Å². The predicted molar refractivity (Wildman–Crippen MR) is 117 cm³/mol. The average Bonchev–Trinajstić information content (AvgIpc) is 3.13. The van der Waals surface area contributed by atoms with Gasteiger partial charge in [0, 0.05) is 28.9 Å². The van der Waals surface area contributed by atoms with E-state index in [0.29, 0.717) is 17.2 Å². The fraction of sp³-hybridized carbons (Fsp3) is 0.174. The number of nitrogens with one attached hydrogen (secondary N) is 1. The maximum atomic E-state index is 12.8. The molecule has 0 fully saturated rings. The first-order chi connectivity index (χ1) is 14.9. The van der Waals surface area contributed by atoms with E-state index in [1.165, 1.54) is 23.0 Å². The van der Waals surface area contributed by atoms with Crippen LogP contribution in [0.1, 0.15) is 22.5 Å². The van der Waals surface area contributed by atoms with E-state index < -0.39 is 0 Å². The number of anilines is 1. The number of benzene rings is 1. The summed E-state index contributed by atoms with van der Waals surface area (Å²) in [5.41, 5.74) is 3.29. The molecule has 0 radical (unpaired) electrons. The van der Waals surface area contributed by atoms with Crippen molar-refractivity contribution in [3.63, 3.8) is 0 Å². The normalized spacial score (nSPS) is 10.8. The monoisotopic (exact) mass is 412 g/mol. The Balaban J connectivity index is 1.71. The number of nitriles is 1. The van der Waals surface area contributed by atoms with Crippen LogP contribution in [0, 0.1) is 32.1 Å². The fourth-order valence-corrected chi connectivity index (χ4v) is 3.62. The molecule has 4 aromatic rings. The number of aryl methyl sites for hydroxylation is 3. The van der Waals surface area contributed by atoms with Crippen LogP contribution in [0.3, 0.4) is 0 Å². The van der Waals surface area contributed by atoms with Gasteiger partial charge in [0.1, 0.15) is 18.2 Å². The minimum atomic E-state index is -0.342. The molecule has 8 heteroatoms. The van der Waals surface area contributed by atoms with Gasteiger partial charge in [-0.25, -0.2) is 4.98 Å². The number of para-hydroxylation sites is 1. The molecule has 0 unspecified atom stereocenters. The van der Waals surface area contributed by atoms with Crippen molar-refractivity contribution in [3.05, 3.63) is 81.4 Å². The molecule has 4 rings (SSSR count). The van der Waals surface area contributed by atoms with Crippen LogP contribution in [-0.4, -0.2) is 25.2 Å². The number of hydrogen-bond acceptors (Lipinski definition) is 5. The second-order valence-corrected chi connectivity index (χ2v) is 7.35. The number of carbonyl (C=O) groups excluding carboxylic acids is 1. The van der Waals surface area contributed by atoms with E-state index in [1.807, 2.05) is 37.3 Å². The van der Waals surface area contributed by atoms with Crippen molar-refractivity contribution in [2.75, 3.05) is 5.32 Å². The Bertz CT molecular complexity index is 1400. The lowest BCUT2D eigenvalue weighted by Crippen LogP contribution is -2.24. The molecule has 8 nitrogen and oxygen atoms in total. The van der Waals surface area contributed by atoms with Gasteiger partial charge in [0.05, 0.1) is 11.7 Å². The van der Waals surface area contributed by atoms with Crippen molar-refractivity contribution in [3.8, 4) is 11.9 Å². The Morgan fingerprint density at radius 1 is 1.13 bits per heavy atom. The van der Waals surface area contributed by atoms with Crippen LogP contribution in [0.15, 0.2) is 53.5 Å². The summed E-state index contributed by atoms with van der Waals surface area (Å²) in [6, 6.07) is 14.6. The number of pyridine rings is 2. The van der Waals surface area contributed by atoms with Crippen LogP contribution in [0.4, 0.5) is 5.82 Å². The van der Waals surface area contributed by atoms with Gasteiger partial charge in [0.15, 0.2) is 17.1 Å². The Kier molecular flexibility index (Phi) is 5.09. The fourth-order valence-electron chi connectivity index (χ4n) is 3.62. The van der Waals surface area contributed by atoms with Crippen molar-refractivity contribution in [2.24, 2.45) is 0 Å². The van der Waals surface area contributed by atoms with Crippen LogP contribution in [-0.2, 0) is 11.3 Å². The van der Waals surface area contributed by atoms with Gasteiger partial charge in [0.2, 0.25) is 5.91 Å². The summed E-state index contributed by atoms with van der Waals surface area (Å²) >= 11 is 0. The summed E-state index contributed by atoms with van der Waals surface area (Å²) in [5.74, 6) is 0.417. The maximum Gasteiger partial charge on any atom is 0.245 e. The van der Waals surface area contributed by atoms with E-state index in [-0.39, 0.29) is 29.3 Å². The molecule has 0 aliphatic carbocycles. The summed E-state index contributed by atoms with van der Waals surface area (Å²) in [7, 11) is 0. The molecule has 31 heavy (non-hydrogen) atoms. The highest BCUT2D eigenvalue weighted by Gasteiger charge is 2.18. The number of amides is 1. The molecule has 1 aromatic carbocycles. The minimum Gasteiger partial charge on any atom is -0.340 e. The molecular formula is C23H20N6O2. The molecule has 0 bridgehead atoms. The van der Waals surface area contributed by atoms with Gasteiger partial charge in [0.25, 0.3) is 0 Å². The Hall–Kier alpha value is -4.25. The third-order valence-corrected chi connectivity index (χ3v) is 5.13. The lowest BCUT2D eigenvalue weighted by atomic mass is 10.1.